The number of anilines is 1. The molecule has 12 heteroatoms. The lowest BCUT2D eigenvalue weighted by molar-refractivity contribution is -0.136. The number of hydrogen-bond acceptors (Lipinski definition) is 9. The Morgan fingerprint density at radius 1 is 0.980 bits per heavy atom. The molecule has 262 valence electrons. The summed E-state index contributed by atoms with van der Waals surface area (Å²) in [6, 6.07) is 13.2. The molecule has 50 heavy (non-hydrogen) atoms. The summed E-state index contributed by atoms with van der Waals surface area (Å²) in [5.41, 5.74) is 11.4. The summed E-state index contributed by atoms with van der Waals surface area (Å²) in [6.07, 6.45) is 10.6. The van der Waals surface area contributed by atoms with Gasteiger partial charge in [0.15, 0.2) is 0 Å². The summed E-state index contributed by atoms with van der Waals surface area (Å²) in [7, 11) is 2.02. The van der Waals surface area contributed by atoms with Crippen LogP contribution in [-0.2, 0) is 23.1 Å². The summed E-state index contributed by atoms with van der Waals surface area (Å²) in [5.74, 6) is -0.703. The van der Waals surface area contributed by atoms with Gasteiger partial charge in [0.25, 0.3) is 11.8 Å². The van der Waals surface area contributed by atoms with Gasteiger partial charge >= 0.3 is 0 Å². The zero-order valence-electron chi connectivity index (χ0n) is 29.1. The molecule has 0 bridgehead atoms. The zero-order valence-corrected chi connectivity index (χ0v) is 29.1. The number of rotatable bonds is 10. The molecule has 4 aromatic rings. The van der Waals surface area contributed by atoms with Gasteiger partial charge in [-0.1, -0.05) is 51.3 Å². The van der Waals surface area contributed by atoms with E-state index in [1.165, 1.54) is 36.8 Å². The number of unbranched alkanes of at least 4 members (excludes halogenated alkanes) is 2. The van der Waals surface area contributed by atoms with E-state index in [0.29, 0.717) is 36.1 Å². The second-order valence-electron chi connectivity index (χ2n) is 13.7. The Balaban J connectivity index is 0.000000173. The van der Waals surface area contributed by atoms with Gasteiger partial charge < -0.3 is 11.1 Å². The number of nitrogens with two attached hydrogens (primary N) is 1. The third-order valence-corrected chi connectivity index (χ3v) is 9.77. The smallest absolute Gasteiger partial charge is 0.262 e. The highest BCUT2D eigenvalue weighted by Crippen LogP contribution is 2.32. The van der Waals surface area contributed by atoms with Crippen LogP contribution in [0.25, 0.3) is 22.2 Å². The van der Waals surface area contributed by atoms with Crippen molar-refractivity contribution in [3.05, 3.63) is 71.0 Å². The Bertz CT molecular complexity index is 1910. The second kappa shape index (κ2) is 15.3. The van der Waals surface area contributed by atoms with Gasteiger partial charge in [-0.25, -0.2) is 9.97 Å². The van der Waals surface area contributed by atoms with Crippen LogP contribution in [0.1, 0.15) is 110 Å². The van der Waals surface area contributed by atoms with Crippen molar-refractivity contribution in [3.8, 4) is 11.3 Å². The van der Waals surface area contributed by atoms with Gasteiger partial charge in [0, 0.05) is 42.4 Å². The number of hydrogen-bond donors (Lipinski definition) is 3. The molecule has 2 aromatic carbocycles. The van der Waals surface area contributed by atoms with Crippen molar-refractivity contribution in [2.24, 2.45) is 12.8 Å². The van der Waals surface area contributed by atoms with Crippen LogP contribution in [0.15, 0.2) is 48.7 Å². The number of carbonyl (C=O) groups excluding carboxylic acids is 4. The number of imide groups is 2. The van der Waals surface area contributed by atoms with Crippen LogP contribution >= 0.6 is 0 Å². The van der Waals surface area contributed by atoms with E-state index in [1.807, 2.05) is 30.1 Å². The average Bonchev–Trinajstić information content (AvgIpc) is 3.80. The lowest BCUT2D eigenvalue weighted by Gasteiger charge is -2.27. The van der Waals surface area contributed by atoms with E-state index in [9.17, 15) is 19.2 Å². The zero-order chi connectivity index (χ0) is 35.4. The van der Waals surface area contributed by atoms with Gasteiger partial charge in [0.2, 0.25) is 17.8 Å². The molecular weight excluding hydrogens is 632 g/mol. The second-order valence-corrected chi connectivity index (χ2v) is 13.7. The molecule has 2 aromatic heterocycles. The molecule has 0 radical (unpaired) electrons. The van der Waals surface area contributed by atoms with Crippen molar-refractivity contribution in [3.63, 3.8) is 0 Å². The molecule has 1 saturated heterocycles. The topological polar surface area (TPSA) is 165 Å². The number of aryl methyl sites for hydroxylation is 2. The number of fused-ring (bicyclic) bond motifs is 2. The highest BCUT2D eigenvalue weighted by molar-refractivity contribution is 6.24. The first-order valence-electron chi connectivity index (χ1n) is 17.8. The molecule has 7 rings (SSSR count). The van der Waals surface area contributed by atoms with E-state index in [1.54, 1.807) is 12.1 Å². The molecule has 1 aliphatic carbocycles. The predicted octanol–water partition coefficient (Wildman–Crippen LogP) is 5.27. The standard InChI is InChI=1S/C20H25N5.C18H21N3O4/c1-13(2)19-16-12-14(8-9-18(16)24-25(19)3)17-10-11-21-20(23-17)22-15-6-4-5-7-15;19-10-3-1-2-5-11-6-4-7-12-15(11)18(25)21(17(12)24)13-8-9-14(22)20-16(13)23/h8-13,15H,4-7H2,1-3H3,(H,21,22,23);4,6-7,13H,1-3,5,8-10,19H2,(H,20,22,23). The SMILES string of the molecule is CC(C)c1c2cc(-c3ccnc(NC4CCCC4)n3)ccc2nn1C.NCCCCCc1cccc2c1C(=O)N(C1CCC(=O)NC1=O)C2=O. The highest BCUT2D eigenvalue weighted by Gasteiger charge is 2.45. The van der Waals surface area contributed by atoms with Gasteiger partial charge in [0.1, 0.15) is 6.04 Å². The van der Waals surface area contributed by atoms with Crippen molar-refractivity contribution in [2.75, 3.05) is 11.9 Å². The first-order valence-corrected chi connectivity index (χ1v) is 17.8. The van der Waals surface area contributed by atoms with Crippen molar-refractivity contribution in [2.45, 2.75) is 96.1 Å². The first kappa shape index (κ1) is 34.9. The molecule has 12 nitrogen and oxygen atoms in total. The minimum absolute atomic E-state index is 0.121. The fraction of sp³-hybridized carbons (Fsp3) is 0.447. The number of carbonyl (C=O) groups is 4. The molecule has 2 aliphatic heterocycles. The minimum atomic E-state index is -0.921. The Kier molecular flexibility index (Phi) is 10.7. The Morgan fingerprint density at radius 2 is 1.78 bits per heavy atom. The number of nitrogens with zero attached hydrogens (tertiary/aromatic N) is 5. The Morgan fingerprint density at radius 3 is 2.52 bits per heavy atom. The van der Waals surface area contributed by atoms with Crippen LogP contribution in [0.4, 0.5) is 5.95 Å². The molecule has 1 unspecified atom stereocenters. The van der Waals surface area contributed by atoms with E-state index >= 15 is 0 Å². The third-order valence-electron chi connectivity index (χ3n) is 9.77. The summed E-state index contributed by atoms with van der Waals surface area (Å²) < 4.78 is 1.99. The third kappa shape index (κ3) is 7.30. The van der Waals surface area contributed by atoms with Gasteiger partial charge in [-0.2, -0.15) is 5.10 Å². The Hall–Kier alpha value is -4.97. The maximum absolute atomic E-state index is 12.9. The van der Waals surface area contributed by atoms with Crippen molar-refractivity contribution in [1.29, 1.82) is 0 Å². The van der Waals surface area contributed by atoms with Crippen molar-refractivity contribution < 1.29 is 19.2 Å². The van der Waals surface area contributed by atoms with Gasteiger partial charge in [-0.15, -0.1) is 0 Å². The summed E-state index contributed by atoms with van der Waals surface area (Å²) in [5, 5.41) is 11.5. The summed E-state index contributed by atoms with van der Waals surface area (Å²) in [6.45, 7) is 5.04. The maximum Gasteiger partial charge on any atom is 0.262 e. The largest absolute Gasteiger partial charge is 0.351 e. The first-order chi connectivity index (χ1) is 24.2. The molecule has 0 spiro atoms. The van der Waals surface area contributed by atoms with Gasteiger partial charge in [-0.05, 0) is 80.8 Å². The minimum Gasteiger partial charge on any atom is -0.351 e. The molecule has 4 amide bonds. The van der Waals surface area contributed by atoms with Crippen LogP contribution in [0.5, 0.6) is 0 Å². The number of aromatic nitrogens is 4. The Labute approximate surface area is 292 Å². The van der Waals surface area contributed by atoms with Crippen LogP contribution in [0, 0.1) is 0 Å². The number of nitrogens with one attached hydrogen (secondary N) is 2. The quantitative estimate of drug-likeness (QED) is 0.150. The maximum atomic E-state index is 12.9. The van der Waals surface area contributed by atoms with E-state index in [0.717, 1.165) is 52.4 Å². The fourth-order valence-electron chi connectivity index (χ4n) is 7.33. The summed E-state index contributed by atoms with van der Waals surface area (Å²) in [4.78, 5) is 59.1. The van der Waals surface area contributed by atoms with E-state index in [2.05, 4.69) is 52.8 Å². The molecule has 2 fully saturated rings. The molecular formula is C38H46N8O4. The van der Waals surface area contributed by atoms with Crippen LogP contribution in [0.3, 0.4) is 0 Å². The molecule has 1 atom stereocenters. The molecule has 3 aliphatic rings. The molecule has 4 heterocycles. The van der Waals surface area contributed by atoms with E-state index < -0.39 is 23.8 Å². The molecule has 4 N–H and O–H groups in total. The monoisotopic (exact) mass is 678 g/mol. The average molecular weight is 679 g/mol. The van der Waals surface area contributed by atoms with E-state index in [4.69, 9.17) is 10.7 Å². The lowest BCUT2D eigenvalue weighted by atomic mass is 9.98. The van der Waals surface area contributed by atoms with Crippen LogP contribution < -0.4 is 16.4 Å². The predicted molar refractivity (Wildman–Crippen MR) is 191 cm³/mol. The number of piperidine rings is 1. The molecule has 1 saturated carbocycles. The van der Waals surface area contributed by atoms with Gasteiger partial charge in [0.05, 0.1) is 22.3 Å². The fourth-order valence-corrected chi connectivity index (χ4v) is 7.33. The lowest BCUT2D eigenvalue weighted by Crippen LogP contribution is -2.54. The van der Waals surface area contributed by atoms with Crippen molar-refractivity contribution >= 4 is 40.5 Å². The van der Waals surface area contributed by atoms with Gasteiger partial charge in [-0.3, -0.25) is 34.1 Å². The van der Waals surface area contributed by atoms with Crippen molar-refractivity contribution in [1.82, 2.24) is 30.0 Å². The van der Waals surface area contributed by atoms with E-state index in [-0.39, 0.29) is 18.7 Å². The number of amides is 4. The number of benzene rings is 2. The van der Waals surface area contributed by atoms with Crippen LogP contribution in [-0.4, -0.2) is 66.9 Å². The normalized spacial score (nSPS) is 17.7. The van der Waals surface area contributed by atoms with Crippen LogP contribution in [0.2, 0.25) is 0 Å². The summed E-state index contributed by atoms with van der Waals surface area (Å²) >= 11 is 0. The highest BCUT2D eigenvalue weighted by atomic mass is 16.2.